The number of hydrogen-bond donors (Lipinski definition) is 1. The highest BCUT2D eigenvalue weighted by Crippen LogP contribution is 2.31. The van der Waals surface area contributed by atoms with E-state index in [-0.39, 0.29) is 5.03 Å². The molecule has 0 saturated carbocycles. The van der Waals surface area contributed by atoms with E-state index in [9.17, 15) is 4.79 Å². The molecule has 5 nitrogen and oxygen atoms in total. The number of para-hydroxylation sites is 2. The predicted molar refractivity (Wildman–Crippen MR) is 66.4 cm³/mol. The van der Waals surface area contributed by atoms with Gasteiger partial charge in [-0.1, -0.05) is 23.7 Å². The number of ether oxygens (including phenoxy) is 3. The summed E-state index contributed by atoms with van der Waals surface area (Å²) < 4.78 is 15.1. The Balaban J connectivity index is 2.30. The first-order valence-electron chi connectivity index (χ1n) is 5.21. The molecule has 0 aromatic heterocycles. The third-order valence-electron chi connectivity index (χ3n) is 2.46. The molecule has 1 unspecified atom stereocenters. The smallest absolute Gasteiger partial charge is 0.354 e. The van der Waals surface area contributed by atoms with Gasteiger partial charge in [-0.15, -0.1) is 0 Å². The second-order valence-electron chi connectivity index (χ2n) is 3.53. The minimum absolute atomic E-state index is 0.0206. The fourth-order valence-corrected chi connectivity index (χ4v) is 1.77. The van der Waals surface area contributed by atoms with Crippen LogP contribution in [0.25, 0.3) is 0 Å². The SMILES string of the molecule is COc1ccccc1NC1=C(Cl)C(=O)OC1OC. The molecule has 2 rings (SSSR count). The van der Waals surface area contributed by atoms with Crippen LogP contribution >= 0.6 is 11.6 Å². The van der Waals surface area contributed by atoms with Crippen molar-refractivity contribution in [2.75, 3.05) is 19.5 Å². The maximum Gasteiger partial charge on any atom is 0.354 e. The van der Waals surface area contributed by atoms with E-state index >= 15 is 0 Å². The molecule has 0 bridgehead atoms. The summed E-state index contributed by atoms with van der Waals surface area (Å²) in [7, 11) is 2.98. The average Bonchev–Trinajstić information content (AvgIpc) is 2.67. The zero-order chi connectivity index (χ0) is 13.1. The van der Waals surface area contributed by atoms with Gasteiger partial charge in [0, 0.05) is 7.11 Å². The van der Waals surface area contributed by atoms with Crippen LogP contribution in [0.1, 0.15) is 0 Å². The maximum atomic E-state index is 11.3. The van der Waals surface area contributed by atoms with Gasteiger partial charge in [-0.3, -0.25) is 0 Å². The van der Waals surface area contributed by atoms with Crippen LogP contribution in [0.5, 0.6) is 5.75 Å². The van der Waals surface area contributed by atoms with Crippen LogP contribution in [0.2, 0.25) is 0 Å². The first kappa shape index (κ1) is 12.7. The zero-order valence-corrected chi connectivity index (χ0v) is 10.7. The highest BCUT2D eigenvalue weighted by atomic mass is 35.5. The number of benzene rings is 1. The molecule has 1 heterocycles. The highest BCUT2D eigenvalue weighted by Gasteiger charge is 2.33. The molecule has 0 spiro atoms. The first-order valence-corrected chi connectivity index (χ1v) is 5.58. The molecule has 1 aromatic rings. The second kappa shape index (κ2) is 5.29. The van der Waals surface area contributed by atoms with Crippen LogP contribution < -0.4 is 10.1 Å². The van der Waals surface area contributed by atoms with E-state index in [2.05, 4.69) is 5.32 Å². The van der Waals surface area contributed by atoms with E-state index in [1.807, 2.05) is 12.1 Å². The number of rotatable bonds is 4. The van der Waals surface area contributed by atoms with Gasteiger partial charge in [-0.25, -0.2) is 4.79 Å². The van der Waals surface area contributed by atoms with E-state index in [0.29, 0.717) is 17.1 Å². The fourth-order valence-electron chi connectivity index (χ4n) is 1.59. The van der Waals surface area contributed by atoms with Crippen LogP contribution in [0.4, 0.5) is 5.69 Å². The number of cyclic esters (lactones) is 1. The van der Waals surface area contributed by atoms with Crippen molar-refractivity contribution in [3.63, 3.8) is 0 Å². The minimum atomic E-state index is -0.824. The normalized spacial score (nSPS) is 18.8. The Hall–Kier alpha value is -1.72. The summed E-state index contributed by atoms with van der Waals surface area (Å²) in [6, 6.07) is 7.25. The van der Waals surface area contributed by atoms with Crippen molar-refractivity contribution in [2.24, 2.45) is 0 Å². The summed E-state index contributed by atoms with van der Waals surface area (Å²) >= 11 is 5.87. The number of halogens is 1. The largest absolute Gasteiger partial charge is 0.495 e. The zero-order valence-electron chi connectivity index (χ0n) is 9.90. The van der Waals surface area contributed by atoms with Gasteiger partial charge in [-0.05, 0) is 12.1 Å². The van der Waals surface area contributed by atoms with Crippen molar-refractivity contribution >= 4 is 23.3 Å². The Kier molecular flexibility index (Phi) is 3.74. The van der Waals surface area contributed by atoms with Gasteiger partial charge in [0.2, 0.25) is 6.29 Å². The number of anilines is 1. The van der Waals surface area contributed by atoms with Crippen molar-refractivity contribution in [3.8, 4) is 5.75 Å². The van der Waals surface area contributed by atoms with Crippen LogP contribution in [0.15, 0.2) is 35.0 Å². The molecule has 1 atom stereocenters. The molecule has 1 aliphatic rings. The Bertz CT molecular complexity index is 501. The predicted octanol–water partition coefficient (Wildman–Crippen LogP) is 2.09. The summed E-state index contributed by atoms with van der Waals surface area (Å²) in [6.07, 6.45) is -0.824. The Morgan fingerprint density at radius 1 is 1.33 bits per heavy atom. The fraction of sp³-hybridized carbons (Fsp3) is 0.250. The molecular formula is C12H12ClNO4. The number of hydrogen-bond acceptors (Lipinski definition) is 5. The van der Waals surface area contributed by atoms with Gasteiger partial charge in [0.15, 0.2) is 5.03 Å². The number of carbonyl (C=O) groups is 1. The van der Waals surface area contributed by atoms with Crippen molar-refractivity contribution in [3.05, 3.63) is 35.0 Å². The molecule has 1 aliphatic heterocycles. The highest BCUT2D eigenvalue weighted by molar-refractivity contribution is 6.42. The maximum absolute atomic E-state index is 11.3. The van der Waals surface area contributed by atoms with Gasteiger partial charge >= 0.3 is 5.97 Å². The molecular weight excluding hydrogens is 258 g/mol. The molecule has 0 amide bonds. The van der Waals surface area contributed by atoms with Crippen molar-refractivity contribution in [1.82, 2.24) is 0 Å². The number of carbonyl (C=O) groups excluding carboxylic acids is 1. The quantitative estimate of drug-likeness (QED) is 0.848. The second-order valence-corrected chi connectivity index (χ2v) is 3.90. The van der Waals surface area contributed by atoms with E-state index in [1.165, 1.54) is 7.11 Å². The first-order chi connectivity index (χ1) is 8.67. The van der Waals surface area contributed by atoms with Gasteiger partial charge in [0.1, 0.15) is 11.4 Å². The lowest BCUT2D eigenvalue weighted by atomic mass is 10.2. The molecule has 0 radical (unpaired) electrons. The summed E-state index contributed by atoms with van der Waals surface area (Å²) in [5.41, 5.74) is 1.04. The molecule has 1 N–H and O–H groups in total. The third-order valence-corrected chi connectivity index (χ3v) is 2.81. The monoisotopic (exact) mass is 269 g/mol. The third kappa shape index (κ3) is 2.27. The molecule has 96 valence electrons. The van der Waals surface area contributed by atoms with E-state index in [4.69, 9.17) is 25.8 Å². The lowest BCUT2D eigenvalue weighted by molar-refractivity contribution is -0.155. The van der Waals surface area contributed by atoms with E-state index < -0.39 is 12.3 Å². The number of esters is 1. The van der Waals surface area contributed by atoms with Gasteiger partial charge in [0.05, 0.1) is 12.8 Å². The van der Waals surface area contributed by atoms with Gasteiger partial charge < -0.3 is 19.5 Å². The summed E-state index contributed by atoms with van der Waals surface area (Å²) in [5, 5.41) is 2.97. The van der Waals surface area contributed by atoms with Crippen LogP contribution in [0.3, 0.4) is 0 Å². The number of methoxy groups -OCH3 is 2. The summed E-state index contributed by atoms with van der Waals surface area (Å²) in [4.78, 5) is 11.3. The van der Waals surface area contributed by atoms with Crippen molar-refractivity contribution < 1.29 is 19.0 Å². The van der Waals surface area contributed by atoms with Crippen LogP contribution in [-0.4, -0.2) is 26.5 Å². The van der Waals surface area contributed by atoms with Crippen LogP contribution in [-0.2, 0) is 14.3 Å². The van der Waals surface area contributed by atoms with Crippen molar-refractivity contribution in [2.45, 2.75) is 6.29 Å². The standard InChI is InChI=1S/C12H12ClNO4/c1-16-8-6-4-3-5-7(8)14-10-9(13)11(15)18-12(10)17-2/h3-6,12,14H,1-2H3. The summed E-state index contributed by atoms with van der Waals surface area (Å²) in [6.45, 7) is 0. The molecule has 6 heteroatoms. The van der Waals surface area contributed by atoms with Crippen molar-refractivity contribution in [1.29, 1.82) is 0 Å². The number of nitrogens with one attached hydrogen (secondary N) is 1. The topological polar surface area (TPSA) is 56.8 Å². The molecule has 18 heavy (non-hydrogen) atoms. The molecule has 0 aliphatic carbocycles. The minimum Gasteiger partial charge on any atom is -0.495 e. The lowest BCUT2D eigenvalue weighted by Crippen LogP contribution is -2.18. The Morgan fingerprint density at radius 2 is 2.06 bits per heavy atom. The molecule has 0 fully saturated rings. The Morgan fingerprint density at radius 3 is 2.72 bits per heavy atom. The van der Waals surface area contributed by atoms with Gasteiger partial charge in [-0.2, -0.15) is 0 Å². The van der Waals surface area contributed by atoms with Crippen LogP contribution in [0, 0.1) is 0 Å². The lowest BCUT2D eigenvalue weighted by Gasteiger charge is -2.15. The molecule has 0 saturated heterocycles. The average molecular weight is 270 g/mol. The summed E-state index contributed by atoms with van der Waals surface area (Å²) in [5.74, 6) is 0.0181. The van der Waals surface area contributed by atoms with Gasteiger partial charge in [0.25, 0.3) is 0 Å². The van der Waals surface area contributed by atoms with E-state index in [0.717, 1.165) is 0 Å². The van der Waals surface area contributed by atoms with E-state index in [1.54, 1.807) is 19.2 Å². The Labute approximate surface area is 109 Å². The molecule has 1 aromatic carbocycles.